The Morgan fingerprint density at radius 1 is 1.08 bits per heavy atom. The summed E-state index contributed by atoms with van der Waals surface area (Å²) in [5, 5.41) is 17.0. The maximum absolute atomic E-state index is 9.31. The molecule has 0 bridgehead atoms. The fraction of sp³-hybridized carbons (Fsp3) is 0.0526. The molecule has 25 heavy (non-hydrogen) atoms. The van der Waals surface area contributed by atoms with Gasteiger partial charge in [0.2, 0.25) is 0 Å². The van der Waals surface area contributed by atoms with Gasteiger partial charge in [0.1, 0.15) is 17.5 Å². The summed E-state index contributed by atoms with van der Waals surface area (Å²) >= 11 is 0. The van der Waals surface area contributed by atoms with E-state index in [4.69, 9.17) is 0 Å². The van der Waals surface area contributed by atoms with Gasteiger partial charge in [0.05, 0.1) is 11.9 Å². The molecule has 0 aliphatic heterocycles. The zero-order chi connectivity index (χ0) is 17.1. The molecule has 0 atom stereocenters. The van der Waals surface area contributed by atoms with E-state index in [9.17, 15) is 5.26 Å². The third-order valence-corrected chi connectivity index (χ3v) is 3.88. The van der Waals surface area contributed by atoms with Gasteiger partial charge in [0.15, 0.2) is 5.65 Å². The van der Waals surface area contributed by atoms with Crippen LogP contribution in [0.5, 0.6) is 0 Å². The number of hydrogen-bond donors (Lipinski definition) is 1. The van der Waals surface area contributed by atoms with Crippen molar-refractivity contribution in [3.05, 3.63) is 78.2 Å². The number of benzene rings is 1. The van der Waals surface area contributed by atoms with Gasteiger partial charge in [-0.2, -0.15) is 14.9 Å². The molecule has 6 heteroatoms. The molecule has 3 heterocycles. The molecule has 0 fully saturated rings. The number of nitrogens with zero attached hydrogens (tertiary/aromatic N) is 5. The maximum atomic E-state index is 9.31. The normalized spacial score (nSPS) is 10.5. The molecule has 4 aromatic rings. The first-order valence-corrected chi connectivity index (χ1v) is 7.82. The number of fused-ring (bicyclic) bond motifs is 1. The fourth-order valence-electron chi connectivity index (χ4n) is 2.62. The largest absolute Gasteiger partial charge is 0.366 e. The van der Waals surface area contributed by atoms with Crippen LogP contribution in [0.2, 0.25) is 0 Å². The van der Waals surface area contributed by atoms with Crippen molar-refractivity contribution < 1.29 is 0 Å². The number of pyridine rings is 1. The number of hydrogen-bond acceptors (Lipinski definition) is 5. The van der Waals surface area contributed by atoms with Gasteiger partial charge in [-0.05, 0) is 17.7 Å². The molecular weight excluding hydrogens is 312 g/mol. The first-order chi connectivity index (χ1) is 12.3. The average molecular weight is 326 g/mol. The van der Waals surface area contributed by atoms with Crippen molar-refractivity contribution in [2.45, 2.75) is 6.54 Å². The van der Waals surface area contributed by atoms with Crippen molar-refractivity contribution in [2.75, 3.05) is 5.32 Å². The zero-order valence-electron chi connectivity index (χ0n) is 13.3. The van der Waals surface area contributed by atoms with Crippen LogP contribution < -0.4 is 5.32 Å². The van der Waals surface area contributed by atoms with E-state index in [0.29, 0.717) is 17.8 Å². The molecule has 0 aliphatic carbocycles. The minimum absolute atomic E-state index is 0.449. The molecule has 0 saturated heterocycles. The minimum atomic E-state index is 0.449. The van der Waals surface area contributed by atoms with Crippen molar-refractivity contribution in [2.24, 2.45) is 0 Å². The van der Waals surface area contributed by atoms with Crippen molar-refractivity contribution in [3.8, 4) is 17.3 Å². The Morgan fingerprint density at radius 2 is 1.88 bits per heavy atom. The van der Waals surface area contributed by atoms with Crippen LogP contribution in [0.4, 0.5) is 5.82 Å². The third-order valence-electron chi connectivity index (χ3n) is 3.88. The molecule has 0 amide bonds. The highest BCUT2D eigenvalue weighted by Crippen LogP contribution is 2.23. The monoisotopic (exact) mass is 326 g/mol. The molecule has 0 unspecified atom stereocenters. The van der Waals surface area contributed by atoms with Crippen LogP contribution >= 0.6 is 0 Å². The number of nitrogens with one attached hydrogen (secondary N) is 1. The topological polar surface area (TPSA) is 78.9 Å². The Balaban J connectivity index is 1.79. The first-order valence-electron chi connectivity index (χ1n) is 7.82. The van der Waals surface area contributed by atoms with Gasteiger partial charge in [-0.15, -0.1) is 0 Å². The van der Waals surface area contributed by atoms with Crippen LogP contribution in [0.15, 0.2) is 67.1 Å². The summed E-state index contributed by atoms with van der Waals surface area (Å²) in [4.78, 5) is 8.65. The van der Waals surface area contributed by atoms with Crippen LogP contribution in [-0.2, 0) is 6.54 Å². The average Bonchev–Trinajstić information content (AvgIpc) is 3.11. The second-order valence-electron chi connectivity index (χ2n) is 5.51. The van der Waals surface area contributed by atoms with E-state index in [1.165, 1.54) is 6.20 Å². The quantitative estimate of drug-likeness (QED) is 0.622. The first kappa shape index (κ1) is 14.8. The van der Waals surface area contributed by atoms with Crippen LogP contribution in [-0.4, -0.2) is 19.6 Å². The van der Waals surface area contributed by atoms with Crippen LogP contribution in [0.3, 0.4) is 0 Å². The number of rotatable bonds is 4. The highest BCUT2D eigenvalue weighted by molar-refractivity contribution is 5.69. The molecule has 1 aromatic carbocycles. The summed E-state index contributed by atoms with van der Waals surface area (Å²) < 4.78 is 1.66. The second kappa shape index (κ2) is 6.42. The molecule has 1 N–H and O–H groups in total. The predicted octanol–water partition coefficient (Wildman–Crippen LogP) is 3.28. The summed E-state index contributed by atoms with van der Waals surface area (Å²) in [5.41, 5.74) is 3.88. The number of nitriles is 1. The highest BCUT2D eigenvalue weighted by atomic mass is 15.3. The zero-order valence-corrected chi connectivity index (χ0v) is 13.3. The van der Waals surface area contributed by atoms with Crippen molar-refractivity contribution in [3.63, 3.8) is 0 Å². The lowest BCUT2D eigenvalue weighted by molar-refractivity contribution is 0.926. The Bertz CT molecular complexity index is 1050. The Morgan fingerprint density at radius 3 is 2.64 bits per heavy atom. The van der Waals surface area contributed by atoms with Crippen LogP contribution in [0.1, 0.15) is 11.1 Å². The summed E-state index contributed by atoms with van der Waals surface area (Å²) in [6.07, 6.45) is 5.06. The second-order valence-corrected chi connectivity index (χ2v) is 5.51. The predicted molar refractivity (Wildman–Crippen MR) is 94.7 cm³/mol. The molecule has 0 radical (unpaired) electrons. The Labute approximate surface area is 144 Å². The standard InChI is InChI=1S/C19H14N6/c20-11-16-13-23-25-18(22-12-14-6-8-21-9-7-14)10-17(24-19(16)25)15-4-2-1-3-5-15/h1-10,13,22H,12H2. The van der Waals surface area contributed by atoms with E-state index < -0.39 is 0 Å². The van der Waals surface area contributed by atoms with Crippen molar-refractivity contribution in [1.29, 1.82) is 5.26 Å². The molecule has 0 spiro atoms. The van der Waals surface area contributed by atoms with Gasteiger partial charge in [-0.3, -0.25) is 4.98 Å². The van der Waals surface area contributed by atoms with E-state index in [0.717, 1.165) is 22.6 Å². The van der Waals surface area contributed by atoms with E-state index in [1.54, 1.807) is 16.9 Å². The van der Waals surface area contributed by atoms with E-state index in [-0.39, 0.29) is 0 Å². The van der Waals surface area contributed by atoms with Gasteiger partial charge in [-0.1, -0.05) is 30.3 Å². The molecule has 120 valence electrons. The fourth-order valence-corrected chi connectivity index (χ4v) is 2.62. The van der Waals surface area contributed by atoms with Crippen LogP contribution in [0.25, 0.3) is 16.9 Å². The highest BCUT2D eigenvalue weighted by Gasteiger charge is 2.12. The molecule has 0 aliphatic rings. The van der Waals surface area contributed by atoms with Gasteiger partial charge in [0, 0.05) is 30.6 Å². The molecule has 6 nitrogen and oxygen atoms in total. The van der Waals surface area contributed by atoms with Crippen molar-refractivity contribution in [1.82, 2.24) is 19.6 Å². The lowest BCUT2D eigenvalue weighted by Crippen LogP contribution is -2.07. The molecule has 3 aromatic heterocycles. The van der Waals surface area contributed by atoms with Gasteiger partial charge in [-0.25, -0.2) is 4.98 Å². The van der Waals surface area contributed by atoms with Gasteiger partial charge >= 0.3 is 0 Å². The summed E-state index contributed by atoms with van der Waals surface area (Å²) in [6.45, 7) is 0.623. The van der Waals surface area contributed by atoms with E-state index >= 15 is 0 Å². The molecule has 4 rings (SSSR count). The SMILES string of the molecule is N#Cc1cnn2c(NCc3ccncc3)cc(-c3ccccc3)nc12. The lowest BCUT2D eigenvalue weighted by atomic mass is 10.1. The van der Waals surface area contributed by atoms with Crippen LogP contribution in [0, 0.1) is 11.3 Å². The third kappa shape index (κ3) is 2.91. The number of anilines is 1. The number of aromatic nitrogens is 4. The molecule has 0 saturated carbocycles. The van der Waals surface area contributed by atoms with Gasteiger partial charge < -0.3 is 5.32 Å². The summed E-state index contributed by atoms with van der Waals surface area (Å²) in [5.74, 6) is 0.780. The summed E-state index contributed by atoms with van der Waals surface area (Å²) in [6, 6.07) is 17.9. The lowest BCUT2D eigenvalue weighted by Gasteiger charge is -2.11. The van der Waals surface area contributed by atoms with Gasteiger partial charge in [0.25, 0.3) is 0 Å². The van der Waals surface area contributed by atoms with E-state index in [1.807, 2.05) is 48.5 Å². The Kier molecular flexibility index (Phi) is 3.81. The minimum Gasteiger partial charge on any atom is -0.366 e. The smallest absolute Gasteiger partial charge is 0.175 e. The summed E-state index contributed by atoms with van der Waals surface area (Å²) in [7, 11) is 0. The maximum Gasteiger partial charge on any atom is 0.175 e. The van der Waals surface area contributed by atoms with E-state index in [2.05, 4.69) is 26.5 Å². The Hall–Kier alpha value is -3.72. The van der Waals surface area contributed by atoms with Crippen molar-refractivity contribution >= 4 is 11.5 Å². The molecular formula is C19H14N6.